The normalized spacial score (nSPS) is 10.5. The average molecular weight is 185 g/mol. The highest BCUT2D eigenvalue weighted by atomic mass is 19.2. The van der Waals surface area contributed by atoms with Gasteiger partial charge in [0.1, 0.15) is 0 Å². The highest BCUT2D eigenvalue weighted by Gasteiger charge is 2.09. The fourth-order valence-electron chi connectivity index (χ4n) is 1.17. The van der Waals surface area contributed by atoms with Crippen molar-refractivity contribution in [3.8, 4) is 0 Å². The van der Waals surface area contributed by atoms with Gasteiger partial charge in [-0.15, -0.1) is 0 Å². The first-order valence-corrected chi connectivity index (χ1v) is 4.30. The van der Waals surface area contributed by atoms with Crippen molar-refractivity contribution in [3.63, 3.8) is 0 Å². The molecule has 0 spiro atoms. The maximum atomic E-state index is 13.2. The molecule has 0 heterocycles. The summed E-state index contributed by atoms with van der Waals surface area (Å²) < 4.78 is 26.2. The minimum atomic E-state index is -0.741. The van der Waals surface area contributed by atoms with Crippen LogP contribution in [0, 0.1) is 18.6 Å². The van der Waals surface area contributed by atoms with Crippen LogP contribution in [0.3, 0.4) is 0 Å². The van der Waals surface area contributed by atoms with Crippen LogP contribution in [-0.4, -0.2) is 6.54 Å². The van der Waals surface area contributed by atoms with E-state index in [-0.39, 0.29) is 0 Å². The quantitative estimate of drug-likeness (QED) is 0.767. The Hall–Kier alpha value is -0.960. The lowest BCUT2D eigenvalue weighted by atomic mass is 10.1. The molecule has 72 valence electrons. The number of aryl methyl sites for hydroxylation is 2. The van der Waals surface area contributed by atoms with Gasteiger partial charge in [0.05, 0.1) is 0 Å². The van der Waals surface area contributed by atoms with Crippen LogP contribution in [0.25, 0.3) is 0 Å². The van der Waals surface area contributed by atoms with Gasteiger partial charge in [0.25, 0.3) is 0 Å². The number of halogens is 2. The van der Waals surface area contributed by atoms with Crippen molar-refractivity contribution < 1.29 is 8.78 Å². The van der Waals surface area contributed by atoms with Gasteiger partial charge in [0.2, 0.25) is 0 Å². The largest absolute Gasteiger partial charge is 0.330 e. The second kappa shape index (κ2) is 4.33. The van der Waals surface area contributed by atoms with E-state index in [0.29, 0.717) is 30.5 Å². The van der Waals surface area contributed by atoms with E-state index in [1.165, 1.54) is 0 Å². The molecule has 1 aromatic carbocycles. The predicted molar refractivity (Wildman–Crippen MR) is 48.5 cm³/mol. The Balaban J connectivity index is 2.90. The van der Waals surface area contributed by atoms with Crippen LogP contribution in [0.5, 0.6) is 0 Å². The molecule has 2 N–H and O–H groups in total. The number of benzene rings is 1. The third kappa shape index (κ3) is 2.25. The van der Waals surface area contributed by atoms with Gasteiger partial charge < -0.3 is 5.73 Å². The molecule has 0 aliphatic rings. The van der Waals surface area contributed by atoms with E-state index in [1.54, 1.807) is 19.1 Å². The second-order valence-corrected chi connectivity index (χ2v) is 3.06. The summed E-state index contributed by atoms with van der Waals surface area (Å²) in [4.78, 5) is 0. The Morgan fingerprint density at radius 1 is 1.23 bits per heavy atom. The fraction of sp³-hybridized carbons (Fsp3) is 0.400. The van der Waals surface area contributed by atoms with Gasteiger partial charge in [0, 0.05) is 0 Å². The average Bonchev–Trinajstić information content (AvgIpc) is 2.13. The van der Waals surface area contributed by atoms with Crippen LogP contribution in [-0.2, 0) is 6.42 Å². The van der Waals surface area contributed by atoms with Crippen molar-refractivity contribution >= 4 is 0 Å². The number of hydrogen-bond donors (Lipinski definition) is 1. The SMILES string of the molecule is Cc1ccc(CCCN)c(F)c1F. The van der Waals surface area contributed by atoms with Crippen molar-refractivity contribution in [2.45, 2.75) is 19.8 Å². The van der Waals surface area contributed by atoms with Crippen molar-refractivity contribution in [1.82, 2.24) is 0 Å². The molecule has 0 saturated carbocycles. The van der Waals surface area contributed by atoms with Gasteiger partial charge in [0.15, 0.2) is 11.6 Å². The Kier molecular flexibility index (Phi) is 3.37. The van der Waals surface area contributed by atoms with E-state index in [1.807, 2.05) is 0 Å². The summed E-state index contributed by atoms with van der Waals surface area (Å²) in [5.41, 5.74) is 6.03. The molecule has 0 unspecified atom stereocenters. The van der Waals surface area contributed by atoms with Crippen molar-refractivity contribution in [2.75, 3.05) is 6.54 Å². The van der Waals surface area contributed by atoms with Crippen LogP contribution >= 0.6 is 0 Å². The molecule has 0 amide bonds. The van der Waals surface area contributed by atoms with E-state index in [4.69, 9.17) is 5.73 Å². The minimum absolute atomic E-state index is 0.342. The summed E-state index contributed by atoms with van der Waals surface area (Å²) in [7, 11) is 0. The van der Waals surface area contributed by atoms with Gasteiger partial charge in [-0.05, 0) is 37.4 Å². The molecule has 0 aliphatic carbocycles. The first-order valence-electron chi connectivity index (χ1n) is 4.30. The Morgan fingerprint density at radius 3 is 2.54 bits per heavy atom. The molecule has 0 bridgehead atoms. The molecular formula is C10H13F2N. The molecule has 0 atom stereocenters. The maximum absolute atomic E-state index is 13.2. The van der Waals surface area contributed by atoms with Gasteiger partial charge >= 0.3 is 0 Å². The Morgan fingerprint density at radius 2 is 1.92 bits per heavy atom. The Labute approximate surface area is 76.6 Å². The third-order valence-electron chi connectivity index (χ3n) is 2.01. The highest BCUT2D eigenvalue weighted by Crippen LogP contribution is 2.16. The number of hydrogen-bond acceptors (Lipinski definition) is 1. The monoisotopic (exact) mass is 185 g/mol. The summed E-state index contributed by atoms with van der Waals surface area (Å²) in [6.45, 7) is 2.04. The minimum Gasteiger partial charge on any atom is -0.330 e. The summed E-state index contributed by atoms with van der Waals surface area (Å²) in [6, 6.07) is 3.20. The van der Waals surface area contributed by atoms with Crippen LogP contribution in [0.4, 0.5) is 8.78 Å². The molecule has 13 heavy (non-hydrogen) atoms. The first-order chi connectivity index (χ1) is 6.16. The lowest BCUT2D eigenvalue weighted by Gasteiger charge is -2.04. The molecule has 0 aliphatic heterocycles. The zero-order valence-corrected chi connectivity index (χ0v) is 7.61. The first kappa shape index (κ1) is 10.1. The number of rotatable bonds is 3. The molecule has 1 nitrogen and oxygen atoms in total. The topological polar surface area (TPSA) is 26.0 Å². The number of nitrogens with two attached hydrogens (primary N) is 1. The van der Waals surface area contributed by atoms with Crippen LogP contribution in [0.15, 0.2) is 12.1 Å². The van der Waals surface area contributed by atoms with Crippen LogP contribution in [0.1, 0.15) is 17.5 Å². The molecular weight excluding hydrogens is 172 g/mol. The molecule has 1 rings (SSSR count). The zero-order valence-electron chi connectivity index (χ0n) is 7.61. The molecule has 0 saturated heterocycles. The highest BCUT2D eigenvalue weighted by molar-refractivity contribution is 5.25. The molecule has 0 fully saturated rings. The molecule has 3 heteroatoms. The van der Waals surface area contributed by atoms with Crippen molar-refractivity contribution in [1.29, 1.82) is 0 Å². The second-order valence-electron chi connectivity index (χ2n) is 3.06. The molecule has 0 aromatic heterocycles. The van der Waals surface area contributed by atoms with Crippen LogP contribution < -0.4 is 5.73 Å². The van der Waals surface area contributed by atoms with E-state index >= 15 is 0 Å². The van der Waals surface area contributed by atoms with E-state index in [9.17, 15) is 8.78 Å². The van der Waals surface area contributed by atoms with E-state index in [2.05, 4.69) is 0 Å². The Bertz CT molecular complexity index is 297. The van der Waals surface area contributed by atoms with Gasteiger partial charge in [-0.2, -0.15) is 0 Å². The summed E-state index contributed by atoms with van der Waals surface area (Å²) in [6.07, 6.45) is 1.18. The van der Waals surface area contributed by atoms with E-state index < -0.39 is 11.6 Å². The van der Waals surface area contributed by atoms with Gasteiger partial charge in [-0.1, -0.05) is 12.1 Å². The lowest BCUT2D eigenvalue weighted by molar-refractivity contribution is 0.492. The van der Waals surface area contributed by atoms with Crippen molar-refractivity contribution in [2.24, 2.45) is 5.73 Å². The van der Waals surface area contributed by atoms with E-state index in [0.717, 1.165) is 0 Å². The van der Waals surface area contributed by atoms with Crippen molar-refractivity contribution in [3.05, 3.63) is 34.9 Å². The molecule has 1 aromatic rings. The summed E-state index contributed by atoms with van der Waals surface area (Å²) >= 11 is 0. The third-order valence-corrected chi connectivity index (χ3v) is 2.01. The summed E-state index contributed by atoms with van der Waals surface area (Å²) in [5, 5.41) is 0. The fourth-order valence-corrected chi connectivity index (χ4v) is 1.17. The smallest absolute Gasteiger partial charge is 0.162 e. The van der Waals surface area contributed by atoms with Crippen LogP contribution in [0.2, 0.25) is 0 Å². The summed E-state index contributed by atoms with van der Waals surface area (Å²) in [5.74, 6) is -1.47. The zero-order chi connectivity index (χ0) is 9.84. The predicted octanol–water partition coefficient (Wildman–Crippen LogP) is 2.16. The molecule has 0 radical (unpaired) electrons. The lowest BCUT2D eigenvalue weighted by Crippen LogP contribution is -2.03. The standard InChI is InChI=1S/C10H13F2N/c1-7-4-5-8(3-2-6-13)10(12)9(7)11/h4-5H,2-3,6,13H2,1H3. The van der Waals surface area contributed by atoms with Gasteiger partial charge in [-0.3, -0.25) is 0 Å². The maximum Gasteiger partial charge on any atom is 0.162 e. The van der Waals surface area contributed by atoms with Gasteiger partial charge in [-0.25, -0.2) is 8.78 Å².